The van der Waals surface area contributed by atoms with Crippen LogP contribution in [0.3, 0.4) is 0 Å². The van der Waals surface area contributed by atoms with E-state index in [9.17, 15) is 9.50 Å². The van der Waals surface area contributed by atoms with Gasteiger partial charge in [0, 0.05) is 12.0 Å². The molecule has 0 heterocycles. The van der Waals surface area contributed by atoms with Crippen molar-refractivity contribution in [1.82, 2.24) is 0 Å². The lowest BCUT2D eigenvalue weighted by atomic mass is 9.96. The molecule has 0 aliphatic carbocycles. The third-order valence-corrected chi connectivity index (χ3v) is 2.39. The van der Waals surface area contributed by atoms with Gasteiger partial charge in [0.25, 0.3) is 0 Å². The van der Waals surface area contributed by atoms with Gasteiger partial charge in [0.1, 0.15) is 5.82 Å². The van der Waals surface area contributed by atoms with Crippen molar-refractivity contribution in [1.29, 1.82) is 0 Å². The minimum absolute atomic E-state index is 0.235. The van der Waals surface area contributed by atoms with Crippen molar-refractivity contribution in [3.05, 3.63) is 35.6 Å². The van der Waals surface area contributed by atoms with Gasteiger partial charge in [-0.2, -0.15) is 0 Å². The highest BCUT2D eigenvalue weighted by atomic mass is 19.1. The van der Waals surface area contributed by atoms with Crippen molar-refractivity contribution in [3.8, 4) is 11.8 Å². The van der Waals surface area contributed by atoms with Gasteiger partial charge in [-0.05, 0) is 19.4 Å². The summed E-state index contributed by atoms with van der Waals surface area (Å²) >= 11 is 0. The van der Waals surface area contributed by atoms with Gasteiger partial charge in [-0.25, -0.2) is 4.39 Å². The highest BCUT2D eigenvalue weighted by Crippen LogP contribution is 2.22. The van der Waals surface area contributed by atoms with Gasteiger partial charge >= 0.3 is 0 Å². The molecule has 1 unspecified atom stereocenters. The molecule has 1 aromatic rings. The first kappa shape index (κ1) is 12.7. The molecule has 0 aliphatic heterocycles. The molecule has 1 aromatic carbocycles. The van der Waals surface area contributed by atoms with Crippen LogP contribution in [0.4, 0.5) is 4.39 Å². The van der Waals surface area contributed by atoms with E-state index in [0.29, 0.717) is 0 Å². The molecular weight excluding hydrogens is 203 g/mol. The van der Waals surface area contributed by atoms with Gasteiger partial charge in [-0.3, -0.25) is 0 Å². The number of benzene rings is 1. The summed E-state index contributed by atoms with van der Waals surface area (Å²) in [6.45, 7) is 3.60. The molecule has 16 heavy (non-hydrogen) atoms. The molecule has 86 valence electrons. The van der Waals surface area contributed by atoms with Crippen molar-refractivity contribution >= 4 is 0 Å². The Hall–Kier alpha value is -1.33. The number of aliphatic hydroxyl groups is 1. The van der Waals surface area contributed by atoms with Gasteiger partial charge in [0.15, 0.2) is 5.60 Å². The number of rotatable bonds is 3. The summed E-state index contributed by atoms with van der Waals surface area (Å²) in [5.74, 6) is 5.18. The first-order valence-corrected chi connectivity index (χ1v) is 5.55. The second kappa shape index (κ2) is 5.67. The second-order valence-electron chi connectivity index (χ2n) is 3.96. The van der Waals surface area contributed by atoms with Gasteiger partial charge in [-0.1, -0.05) is 43.4 Å². The van der Waals surface area contributed by atoms with Crippen molar-refractivity contribution in [3.63, 3.8) is 0 Å². The van der Waals surface area contributed by atoms with Crippen LogP contribution in [-0.4, -0.2) is 5.11 Å². The minimum Gasteiger partial charge on any atom is -0.374 e. The standard InChI is InChI=1S/C14H17FO/c1-3-4-5-8-11-14(2,16)12-9-6-7-10-13(12)15/h6-7,9-10,16H,3-5H2,1-2H3. The van der Waals surface area contributed by atoms with E-state index in [-0.39, 0.29) is 5.56 Å². The molecule has 0 fully saturated rings. The topological polar surface area (TPSA) is 20.2 Å². The first-order chi connectivity index (χ1) is 7.58. The second-order valence-corrected chi connectivity index (χ2v) is 3.96. The number of hydrogen-bond acceptors (Lipinski definition) is 1. The average Bonchev–Trinajstić information content (AvgIpc) is 2.25. The largest absolute Gasteiger partial charge is 0.374 e. The molecular formula is C14H17FO. The number of halogens is 1. The lowest BCUT2D eigenvalue weighted by Gasteiger charge is -2.17. The lowest BCUT2D eigenvalue weighted by Crippen LogP contribution is -2.20. The van der Waals surface area contributed by atoms with Crippen molar-refractivity contribution in [2.45, 2.75) is 38.7 Å². The van der Waals surface area contributed by atoms with E-state index in [4.69, 9.17) is 0 Å². The monoisotopic (exact) mass is 220 g/mol. The van der Waals surface area contributed by atoms with Crippen LogP contribution in [0.25, 0.3) is 0 Å². The fraction of sp³-hybridized carbons (Fsp3) is 0.429. The molecule has 0 spiro atoms. The van der Waals surface area contributed by atoms with Crippen LogP contribution in [0, 0.1) is 17.7 Å². The van der Waals surface area contributed by atoms with Crippen LogP contribution in [-0.2, 0) is 5.60 Å². The van der Waals surface area contributed by atoms with Crippen molar-refractivity contribution in [2.24, 2.45) is 0 Å². The number of unbranched alkanes of at least 4 members (excludes halogenated alkanes) is 2. The Kier molecular flexibility index (Phi) is 4.52. The Morgan fingerprint density at radius 1 is 1.38 bits per heavy atom. The molecule has 1 nitrogen and oxygen atoms in total. The normalized spacial score (nSPS) is 13.8. The molecule has 1 rings (SSSR count). The zero-order valence-electron chi connectivity index (χ0n) is 9.76. The van der Waals surface area contributed by atoms with E-state index in [1.54, 1.807) is 18.2 Å². The quantitative estimate of drug-likeness (QED) is 0.612. The van der Waals surface area contributed by atoms with Gasteiger partial charge in [0.05, 0.1) is 0 Å². The van der Waals surface area contributed by atoms with Gasteiger partial charge < -0.3 is 5.11 Å². The zero-order valence-corrected chi connectivity index (χ0v) is 9.76. The average molecular weight is 220 g/mol. The van der Waals surface area contributed by atoms with E-state index in [2.05, 4.69) is 18.8 Å². The predicted octanol–water partition coefficient (Wildman–Crippen LogP) is 3.23. The smallest absolute Gasteiger partial charge is 0.150 e. The van der Waals surface area contributed by atoms with Crippen LogP contribution in [0.1, 0.15) is 38.7 Å². The molecule has 2 heteroatoms. The maximum Gasteiger partial charge on any atom is 0.150 e. The molecule has 0 aliphatic rings. The predicted molar refractivity (Wildman–Crippen MR) is 63.3 cm³/mol. The third-order valence-electron chi connectivity index (χ3n) is 2.39. The Morgan fingerprint density at radius 3 is 2.69 bits per heavy atom. The highest BCUT2D eigenvalue weighted by Gasteiger charge is 2.23. The third kappa shape index (κ3) is 3.36. The van der Waals surface area contributed by atoms with E-state index >= 15 is 0 Å². The summed E-state index contributed by atoms with van der Waals surface area (Å²) in [5, 5.41) is 10.1. The van der Waals surface area contributed by atoms with Crippen LogP contribution in [0.5, 0.6) is 0 Å². The minimum atomic E-state index is -1.40. The molecule has 1 atom stereocenters. The van der Waals surface area contributed by atoms with E-state index in [1.165, 1.54) is 13.0 Å². The molecule has 0 aromatic heterocycles. The highest BCUT2D eigenvalue weighted by molar-refractivity contribution is 5.31. The van der Waals surface area contributed by atoms with E-state index < -0.39 is 11.4 Å². The van der Waals surface area contributed by atoms with Gasteiger partial charge in [-0.15, -0.1) is 0 Å². The Labute approximate surface area is 96.3 Å². The van der Waals surface area contributed by atoms with E-state index in [0.717, 1.165) is 19.3 Å². The molecule has 1 N–H and O–H groups in total. The molecule has 0 saturated carbocycles. The summed E-state index contributed by atoms with van der Waals surface area (Å²) in [7, 11) is 0. The fourth-order valence-electron chi connectivity index (χ4n) is 1.42. The van der Waals surface area contributed by atoms with Crippen LogP contribution in [0.15, 0.2) is 24.3 Å². The van der Waals surface area contributed by atoms with E-state index in [1.807, 2.05) is 0 Å². The SMILES string of the molecule is CCCCC#CC(C)(O)c1ccccc1F. The molecule has 0 amide bonds. The summed E-state index contributed by atoms with van der Waals surface area (Å²) in [6.07, 6.45) is 2.80. The number of hydrogen-bond donors (Lipinski definition) is 1. The molecule has 0 saturated heterocycles. The first-order valence-electron chi connectivity index (χ1n) is 5.55. The van der Waals surface area contributed by atoms with Crippen molar-refractivity contribution in [2.75, 3.05) is 0 Å². The summed E-state index contributed by atoms with van der Waals surface area (Å²) in [5.41, 5.74) is -1.17. The van der Waals surface area contributed by atoms with Crippen molar-refractivity contribution < 1.29 is 9.50 Å². The Morgan fingerprint density at radius 2 is 2.06 bits per heavy atom. The van der Waals surface area contributed by atoms with Crippen LogP contribution < -0.4 is 0 Å². The molecule has 0 radical (unpaired) electrons. The van der Waals surface area contributed by atoms with Gasteiger partial charge in [0.2, 0.25) is 0 Å². The zero-order chi connectivity index (χ0) is 12.0. The Balaban J connectivity index is 2.84. The maximum atomic E-state index is 13.4. The maximum absolute atomic E-state index is 13.4. The summed E-state index contributed by atoms with van der Waals surface area (Å²) < 4.78 is 13.4. The summed E-state index contributed by atoms with van der Waals surface area (Å²) in [4.78, 5) is 0. The fourth-order valence-corrected chi connectivity index (χ4v) is 1.42. The Bertz CT molecular complexity index is 399. The lowest BCUT2D eigenvalue weighted by molar-refractivity contribution is 0.117. The van der Waals surface area contributed by atoms with Crippen LogP contribution in [0.2, 0.25) is 0 Å². The summed E-state index contributed by atoms with van der Waals surface area (Å²) in [6, 6.07) is 6.18. The molecule has 0 bridgehead atoms. The van der Waals surface area contributed by atoms with Crippen LogP contribution >= 0.6 is 0 Å².